The zero-order valence-electron chi connectivity index (χ0n) is 5.74. The summed E-state index contributed by atoms with van der Waals surface area (Å²) < 4.78 is 62.4. The number of nitrogens with one attached hydrogen (secondary N) is 1. The number of hydrogen-bond donors (Lipinski definition) is 1. The van der Waals surface area contributed by atoms with Crippen LogP contribution in [0.1, 0.15) is 1.43 Å². The van der Waals surface area contributed by atoms with E-state index in [-0.39, 0.29) is 25.2 Å². The van der Waals surface area contributed by atoms with Crippen molar-refractivity contribution in [2.75, 3.05) is 0 Å². The van der Waals surface area contributed by atoms with Crippen molar-refractivity contribution in [3.8, 4) is 0 Å². The van der Waals surface area contributed by atoms with E-state index in [1.165, 1.54) is 0 Å². The van der Waals surface area contributed by atoms with Crippen LogP contribution in [-0.4, -0.2) is 13.9 Å². The first kappa shape index (κ1) is 12.9. The van der Waals surface area contributed by atoms with Crippen molar-refractivity contribution >= 4 is 10.0 Å². The molecule has 1 N–H and O–H groups in total. The van der Waals surface area contributed by atoms with Gasteiger partial charge >= 0.3 is 34.4 Å². The van der Waals surface area contributed by atoms with Crippen LogP contribution in [0.3, 0.4) is 0 Å². The SMILES string of the molecule is O=S(=O)(NF)C(F)(F)F.[H-].[Li+]. The first-order valence-electron chi connectivity index (χ1n) is 1.50. The molecule has 0 amide bonds. The van der Waals surface area contributed by atoms with E-state index in [1.54, 1.807) is 0 Å². The van der Waals surface area contributed by atoms with Gasteiger partial charge in [0.15, 0.2) is 0 Å². The quantitative estimate of drug-likeness (QED) is 0.270. The van der Waals surface area contributed by atoms with Gasteiger partial charge in [0.1, 0.15) is 0 Å². The smallest absolute Gasteiger partial charge is 1.00 e. The normalized spacial score (nSPS) is 12.4. The topological polar surface area (TPSA) is 46.2 Å². The van der Waals surface area contributed by atoms with Gasteiger partial charge in [0.05, 0.1) is 0 Å². The van der Waals surface area contributed by atoms with Gasteiger partial charge in [-0.15, -0.1) is 4.48 Å². The Kier molecular flexibility index (Phi) is 4.59. The molecule has 0 radical (unpaired) electrons. The molecule has 0 aliphatic heterocycles. The molecule has 0 saturated heterocycles. The van der Waals surface area contributed by atoms with Crippen molar-refractivity contribution in [2.45, 2.75) is 5.51 Å². The summed E-state index contributed by atoms with van der Waals surface area (Å²) in [7, 11) is -5.75. The Morgan fingerprint density at radius 2 is 1.60 bits per heavy atom. The summed E-state index contributed by atoms with van der Waals surface area (Å²) in [5.41, 5.74) is -5.57. The predicted molar refractivity (Wildman–Crippen MR) is 20.3 cm³/mol. The van der Waals surface area contributed by atoms with Gasteiger partial charge in [0.2, 0.25) is 0 Å². The van der Waals surface area contributed by atoms with Crippen LogP contribution in [-0.2, 0) is 10.0 Å². The maximum Gasteiger partial charge on any atom is 1.00 e. The Hall–Kier alpha value is 0.227. The molecule has 3 nitrogen and oxygen atoms in total. The summed E-state index contributed by atoms with van der Waals surface area (Å²) in [6.07, 6.45) is 0. The van der Waals surface area contributed by atoms with Gasteiger partial charge in [-0.25, -0.2) is 8.42 Å². The fourth-order valence-electron chi connectivity index (χ4n) is 0.0437. The van der Waals surface area contributed by atoms with Gasteiger partial charge in [-0.2, -0.15) is 13.2 Å². The number of rotatable bonds is 1. The second kappa shape index (κ2) is 3.57. The van der Waals surface area contributed by atoms with Crippen LogP contribution in [0, 0.1) is 0 Å². The third kappa shape index (κ3) is 2.87. The maximum atomic E-state index is 10.9. The first-order valence-corrected chi connectivity index (χ1v) is 2.98. The fraction of sp³-hybridized carbons (Fsp3) is 1.00. The molecular formula is CH2F4LiNO2S. The summed E-state index contributed by atoms with van der Waals surface area (Å²) in [6, 6.07) is 0. The molecule has 0 bridgehead atoms. The number of halogens is 4. The molecule has 0 aliphatic carbocycles. The Balaban J connectivity index is -0.000000320. The molecule has 0 fully saturated rings. The van der Waals surface area contributed by atoms with Crippen LogP contribution >= 0.6 is 0 Å². The van der Waals surface area contributed by atoms with Crippen LogP contribution in [0.4, 0.5) is 17.7 Å². The number of sulfonamides is 1. The van der Waals surface area contributed by atoms with E-state index in [9.17, 15) is 26.1 Å². The Morgan fingerprint density at radius 3 is 1.60 bits per heavy atom. The van der Waals surface area contributed by atoms with Crippen molar-refractivity contribution in [3.05, 3.63) is 0 Å². The molecule has 0 spiro atoms. The van der Waals surface area contributed by atoms with Crippen molar-refractivity contribution in [3.63, 3.8) is 0 Å². The third-order valence-corrected chi connectivity index (χ3v) is 1.22. The van der Waals surface area contributed by atoms with E-state index in [1.807, 2.05) is 0 Å². The largest absolute Gasteiger partial charge is 1.00 e. The Labute approximate surface area is 67.4 Å². The van der Waals surface area contributed by atoms with E-state index in [2.05, 4.69) is 0 Å². The molecule has 0 aromatic carbocycles. The van der Waals surface area contributed by atoms with E-state index >= 15 is 0 Å². The molecule has 10 heavy (non-hydrogen) atoms. The summed E-state index contributed by atoms with van der Waals surface area (Å²) in [5.74, 6) is 0. The summed E-state index contributed by atoms with van der Waals surface area (Å²) in [6.45, 7) is 0. The zero-order chi connectivity index (χ0) is 7.71. The van der Waals surface area contributed by atoms with E-state index in [4.69, 9.17) is 0 Å². The minimum absolute atomic E-state index is 0. The zero-order valence-corrected chi connectivity index (χ0v) is 5.55. The van der Waals surface area contributed by atoms with Gasteiger partial charge in [-0.1, -0.05) is 0 Å². The van der Waals surface area contributed by atoms with Gasteiger partial charge in [0, 0.05) is 0 Å². The summed E-state index contributed by atoms with van der Waals surface area (Å²) >= 11 is 0. The molecular weight excluding hydrogens is 173 g/mol. The average molecular weight is 175 g/mol. The molecule has 0 heterocycles. The van der Waals surface area contributed by atoms with Crippen molar-refractivity contribution in [2.24, 2.45) is 0 Å². The van der Waals surface area contributed by atoms with E-state index in [0.717, 1.165) is 0 Å². The number of alkyl halides is 3. The third-order valence-electron chi connectivity index (χ3n) is 0.406. The second-order valence-corrected chi connectivity index (χ2v) is 2.65. The monoisotopic (exact) mass is 175 g/mol. The summed E-state index contributed by atoms with van der Waals surface area (Å²) in [5, 5.41) is 0. The van der Waals surface area contributed by atoms with Crippen LogP contribution < -0.4 is 23.8 Å². The Morgan fingerprint density at radius 1 is 1.30 bits per heavy atom. The predicted octanol–water partition coefficient (Wildman–Crippen LogP) is -2.57. The van der Waals surface area contributed by atoms with Gasteiger partial charge in [0.25, 0.3) is 0 Å². The van der Waals surface area contributed by atoms with Crippen molar-refractivity contribution in [1.29, 1.82) is 0 Å². The van der Waals surface area contributed by atoms with Gasteiger partial charge < -0.3 is 1.43 Å². The minimum atomic E-state index is -5.75. The molecule has 0 aliphatic rings. The van der Waals surface area contributed by atoms with Gasteiger partial charge in [-0.3, -0.25) is 0 Å². The number of hydrogen-bond acceptors (Lipinski definition) is 2. The van der Waals surface area contributed by atoms with Crippen molar-refractivity contribution in [1.82, 2.24) is 4.94 Å². The molecule has 0 aromatic heterocycles. The molecule has 58 valence electrons. The van der Waals surface area contributed by atoms with Crippen LogP contribution in [0.25, 0.3) is 0 Å². The molecule has 0 unspecified atom stereocenters. The van der Waals surface area contributed by atoms with Crippen LogP contribution in [0.2, 0.25) is 0 Å². The van der Waals surface area contributed by atoms with E-state index in [0.29, 0.717) is 0 Å². The van der Waals surface area contributed by atoms with Crippen LogP contribution in [0.15, 0.2) is 0 Å². The standard InChI is InChI=1S/CHF4NO2S.Li.H/c2-1(3,4)9(7,8)6-5;;/h6H;;/q;+1;-1. The molecule has 9 heteroatoms. The maximum absolute atomic E-state index is 10.9. The molecule has 0 saturated carbocycles. The van der Waals surface area contributed by atoms with Gasteiger partial charge in [-0.05, 0) is 4.94 Å². The Bertz CT molecular complexity index is 189. The van der Waals surface area contributed by atoms with Crippen LogP contribution in [0.5, 0.6) is 0 Å². The average Bonchev–Trinajstić information content (AvgIpc) is 1.64. The molecule has 0 aromatic rings. The molecule has 0 rings (SSSR count). The molecule has 0 atom stereocenters. The van der Waals surface area contributed by atoms with E-state index < -0.39 is 15.5 Å². The van der Waals surface area contributed by atoms with Crippen molar-refractivity contribution < 1.29 is 46.4 Å². The second-order valence-electron chi connectivity index (χ2n) is 1.03. The minimum Gasteiger partial charge on any atom is -1.00 e. The fourth-order valence-corrected chi connectivity index (χ4v) is 0.131. The summed E-state index contributed by atoms with van der Waals surface area (Å²) in [4.78, 5) is -0.372. The first-order chi connectivity index (χ1) is 3.81.